The molecule has 2 atom stereocenters. The highest BCUT2D eigenvalue weighted by molar-refractivity contribution is 6.13. The molecule has 410 valence electrons. The minimum absolute atomic E-state index is 0.00886. The van der Waals surface area contributed by atoms with Gasteiger partial charge < -0.3 is 50.8 Å². The number of amides is 9. The third kappa shape index (κ3) is 12.3. The molecule has 9 rings (SSSR count). The Morgan fingerprint density at radius 3 is 2.30 bits per heavy atom. The average Bonchev–Trinajstić information content (AvgIpc) is 4.30. The van der Waals surface area contributed by atoms with Crippen LogP contribution < -0.4 is 41.5 Å². The maximum absolute atomic E-state index is 14.4. The highest BCUT2D eigenvalue weighted by Crippen LogP contribution is 2.38. The van der Waals surface area contributed by atoms with Crippen LogP contribution in [0.1, 0.15) is 62.3 Å². The number of para-hydroxylation sites is 1. The van der Waals surface area contributed by atoms with Crippen LogP contribution in [-0.2, 0) is 47.1 Å². The lowest BCUT2D eigenvalue weighted by atomic mass is 10.0. The lowest BCUT2D eigenvalue weighted by molar-refractivity contribution is -0.138. The van der Waals surface area contributed by atoms with Crippen molar-refractivity contribution in [2.45, 2.75) is 44.3 Å². The summed E-state index contributed by atoms with van der Waals surface area (Å²) in [5.74, 6) is -2.34. The van der Waals surface area contributed by atoms with E-state index in [2.05, 4.69) is 56.9 Å². The summed E-state index contributed by atoms with van der Waals surface area (Å²) in [6, 6.07) is 13.6. The number of imide groups is 2. The third-order valence-corrected chi connectivity index (χ3v) is 13.7. The fourth-order valence-electron chi connectivity index (χ4n) is 9.59. The number of rotatable bonds is 21. The van der Waals surface area contributed by atoms with Gasteiger partial charge in [0.2, 0.25) is 23.6 Å². The Kier molecular flexibility index (Phi) is 16.6. The van der Waals surface area contributed by atoms with Gasteiger partial charge in [-0.05, 0) is 49.2 Å². The smallest absolute Gasteiger partial charge is 0.255 e. The molecule has 4 aliphatic heterocycles. The molecule has 79 heavy (non-hydrogen) atoms. The van der Waals surface area contributed by atoms with E-state index in [1.54, 1.807) is 59.4 Å². The van der Waals surface area contributed by atoms with E-state index in [1.165, 1.54) is 49.7 Å². The summed E-state index contributed by atoms with van der Waals surface area (Å²) in [6.07, 6.45) is 6.99. The van der Waals surface area contributed by atoms with Crippen LogP contribution in [0.5, 0.6) is 5.75 Å². The number of piperidine rings is 1. The minimum Gasteiger partial charge on any atom is -0.494 e. The Labute approximate surface area is 452 Å². The lowest BCUT2D eigenvalue weighted by Gasteiger charge is -2.38. The Balaban J connectivity index is 0.852. The predicted octanol–water partition coefficient (Wildman–Crippen LogP) is 1.17. The number of benzene rings is 2. The maximum Gasteiger partial charge on any atom is 0.255 e. The molecule has 0 saturated carbocycles. The van der Waals surface area contributed by atoms with E-state index in [4.69, 9.17) is 9.47 Å². The molecule has 2 fully saturated rings. The highest BCUT2D eigenvalue weighted by atomic mass is 16.5. The summed E-state index contributed by atoms with van der Waals surface area (Å²) in [4.78, 5) is 135. The molecule has 9 amide bonds. The van der Waals surface area contributed by atoms with Gasteiger partial charge in [0.1, 0.15) is 30.0 Å². The molecular formula is C53H57N15O11. The van der Waals surface area contributed by atoms with Crippen LogP contribution in [0.4, 0.5) is 28.7 Å². The van der Waals surface area contributed by atoms with Gasteiger partial charge >= 0.3 is 0 Å². The SMILES string of the molecule is CNC(=O)c1cnc(Nc2ccc(C(=O)N[C@@H](CCNC(=O)CCOCCN3C(=O)C=CC3=O)C(=O)N3CCN(c4cccc5c4CN(C4CCC(=O)NC4=O)C5=O)CC3)cn2)cc1Nc1cccc(-c2ncn(C)n2)c1OC. The van der Waals surface area contributed by atoms with E-state index < -0.39 is 41.6 Å². The molecule has 4 aliphatic rings. The van der Waals surface area contributed by atoms with Crippen LogP contribution >= 0.6 is 0 Å². The van der Waals surface area contributed by atoms with E-state index in [9.17, 15) is 43.2 Å². The largest absolute Gasteiger partial charge is 0.494 e. The van der Waals surface area contributed by atoms with Crippen molar-refractivity contribution < 1.29 is 52.6 Å². The Bertz CT molecular complexity index is 3230. The summed E-state index contributed by atoms with van der Waals surface area (Å²) < 4.78 is 12.8. The Morgan fingerprint density at radius 2 is 1.59 bits per heavy atom. The molecule has 26 heteroatoms. The number of ether oxygens (including phenoxy) is 2. The fourth-order valence-corrected chi connectivity index (χ4v) is 9.59. The van der Waals surface area contributed by atoms with E-state index >= 15 is 0 Å². The van der Waals surface area contributed by atoms with Crippen molar-refractivity contribution in [1.29, 1.82) is 0 Å². The summed E-state index contributed by atoms with van der Waals surface area (Å²) in [6.45, 7) is 1.57. The number of carbonyl (C=O) groups excluding carboxylic acids is 9. The molecule has 1 unspecified atom stereocenters. The number of nitrogens with one attached hydrogen (secondary N) is 6. The highest BCUT2D eigenvalue weighted by Gasteiger charge is 2.41. The standard InChI is InChI=1S/C53H57N15O11/c1-54-50(74)34-28-57-42(26-38(34)59-36-8-4-7-33(47(36)78-3)48-58-30-64(2)63-48)61-41-12-10-31(27-56-41)49(73)60-37(16-18-55-43(69)17-24-79-25-23-67-45(71)14-15-46(67)72)53(77)66-21-19-65(20-22-66)39-9-5-6-32-35(39)29-68(52(32)76)40-11-13-44(70)62-51(40)75/h4-10,12,14-15,26-28,30,37,40H,11,13,16-25,29H2,1-3H3,(H,54,74)(H,55,69)(H,60,73)(H,62,70,75)(H2,56,57,59,61)/t37-,40?/m0/s1. The maximum atomic E-state index is 14.4. The number of pyridine rings is 2. The second kappa shape index (κ2) is 24.2. The average molecular weight is 1080 g/mol. The number of carbonyl (C=O) groups is 9. The van der Waals surface area contributed by atoms with Crippen molar-refractivity contribution in [3.8, 4) is 17.1 Å². The molecule has 6 N–H and O–H groups in total. The molecule has 5 aromatic rings. The Morgan fingerprint density at radius 1 is 0.835 bits per heavy atom. The van der Waals surface area contributed by atoms with Crippen molar-refractivity contribution in [3.63, 3.8) is 0 Å². The lowest BCUT2D eigenvalue weighted by Crippen LogP contribution is -2.55. The Hall–Kier alpha value is -9.59. The van der Waals surface area contributed by atoms with Crippen LogP contribution in [0.25, 0.3) is 11.4 Å². The monoisotopic (exact) mass is 1080 g/mol. The van der Waals surface area contributed by atoms with Gasteiger partial charge in [0.25, 0.3) is 29.5 Å². The second-order valence-electron chi connectivity index (χ2n) is 18.7. The molecule has 0 aliphatic carbocycles. The molecule has 2 aromatic carbocycles. The van der Waals surface area contributed by atoms with E-state index in [-0.39, 0.29) is 106 Å². The van der Waals surface area contributed by atoms with E-state index in [1.807, 2.05) is 12.1 Å². The van der Waals surface area contributed by atoms with Crippen LogP contribution in [0, 0.1) is 0 Å². The molecule has 0 bridgehead atoms. The van der Waals surface area contributed by atoms with Gasteiger partial charge in [-0.1, -0.05) is 12.1 Å². The van der Waals surface area contributed by atoms with Crippen LogP contribution in [0.3, 0.4) is 0 Å². The number of hydrogen-bond acceptors (Lipinski definition) is 18. The van der Waals surface area contributed by atoms with Crippen molar-refractivity contribution in [2.24, 2.45) is 7.05 Å². The zero-order chi connectivity index (χ0) is 55.7. The number of aryl methyl sites for hydroxylation is 1. The van der Waals surface area contributed by atoms with Crippen LogP contribution in [-0.4, -0.2) is 171 Å². The first-order chi connectivity index (χ1) is 38.2. The third-order valence-electron chi connectivity index (χ3n) is 13.7. The first-order valence-electron chi connectivity index (χ1n) is 25.4. The van der Waals surface area contributed by atoms with Crippen LogP contribution in [0.2, 0.25) is 0 Å². The molecule has 0 spiro atoms. The molecule has 3 aromatic heterocycles. The zero-order valence-corrected chi connectivity index (χ0v) is 43.4. The first kappa shape index (κ1) is 54.2. The van der Waals surface area contributed by atoms with Gasteiger partial charge in [-0.25, -0.2) is 15.0 Å². The number of aromatic nitrogens is 5. The number of anilines is 5. The van der Waals surface area contributed by atoms with Crippen molar-refractivity contribution >= 4 is 81.9 Å². The van der Waals surface area contributed by atoms with Gasteiger partial charge in [-0.3, -0.25) is 58.0 Å². The van der Waals surface area contributed by atoms with E-state index in [0.29, 0.717) is 58.8 Å². The zero-order valence-electron chi connectivity index (χ0n) is 43.4. The van der Waals surface area contributed by atoms with Crippen molar-refractivity contribution in [3.05, 3.63) is 108 Å². The normalized spacial score (nSPS) is 16.4. The van der Waals surface area contributed by atoms with Gasteiger partial charge in [-0.2, -0.15) is 5.10 Å². The molecule has 0 radical (unpaired) electrons. The summed E-state index contributed by atoms with van der Waals surface area (Å²) in [7, 11) is 4.77. The first-order valence-corrected chi connectivity index (χ1v) is 25.4. The van der Waals surface area contributed by atoms with Gasteiger partial charge in [-0.15, -0.1) is 0 Å². The van der Waals surface area contributed by atoms with Crippen molar-refractivity contribution in [2.75, 3.05) is 82.2 Å². The van der Waals surface area contributed by atoms with Gasteiger partial charge in [0, 0.05) is 114 Å². The van der Waals surface area contributed by atoms with Crippen LogP contribution in [0.15, 0.2) is 85.5 Å². The second-order valence-corrected chi connectivity index (χ2v) is 18.7. The summed E-state index contributed by atoms with van der Waals surface area (Å²) in [5.41, 5.74) is 3.89. The summed E-state index contributed by atoms with van der Waals surface area (Å²) in [5, 5.41) is 21.4. The minimum atomic E-state index is -1.09. The number of piperazine rings is 1. The number of nitrogens with zero attached hydrogens (tertiary/aromatic N) is 9. The molecule has 2 saturated heterocycles. The number of hydrogen-bond donors (Lipinski definition) is 6. The number of methoxy groups -OCH3 is 1. The van der Waals surface area contributed by atoms with E-state index in [0.717, 1.165) is 16.2 Å². The quantitative estimate of drug-likeness (QED) is 0.0444. The molecule has 7 heterocycles. The molecule has 26 nitrogen and oxygen atoms in total. The van der Waals surface area contributed by atoms with Crippen molar-refractivity contribution in [1.82, 2.24) is 60.7 Å². The van der Waals surface area contributed by atoms with Gasteiger partial charge in [0.05, 0.1) is 54.9 Å². The molecular weight excluding hydrogens is 1020 g/mol. The van der Waals surface area contributed by atoms with Gasteiger partial charge in [0.15, 0.2) is 11.6 Å². The number of fused-ring (bicyclic) bond motifs is 1. The topological polar surface area (TPSA) is 314 Å². The predicted molar refractivity (Wildman–Crippen MR) is 283 cm³/mol. The summed E-state index contributed by atoms with van der Waals surface area (Å²) >= 11 is 0. The fraction of sp³-hybridized carbons (Fsp3) is 0.340.